The van der Waals surface area contributed by atoms with E-state index in [0.717, 1.165) is 22.5 Å². The van der Waals surface area contributed by atoms with Crippen molar-refractivity contribution in [2.75, 3.05) is 4.72 Å². The van der Waals surface area contributed by atoms with E-state index in [2.05, 4.69) is 14.7 Å². The van der Waals surface area contributed by atoms with Gasteiger partial charge in [-0.2, -0.15) is 0 Å². The van der Waals surface area contributed by atoms with Gasteiger partial charge in [-0.05, 0) is 48.9 Å². The molecule has 4 rings (SSSR count). The zero-order valence-corrected chi connectivity index (χ0v) is 16.1. The van der Waals surface area contributed by atoms with Crippen LogP contribution < -0.4 is 4.72 Å². The fourth-order valence-electron chi connectivity index (χ4n) is 2.64. The minimum absolute atomic E-state index is 0.258. The summed E-state index contributed by atoms with van der Waals surface area (Å²) in [4.78, 5) is 8.77. The second-order valence-electron chi connectivity index (χ2n) is 6.06. The fourth-order valence-corrected chi connectivity index (χ4v) is 4.76. The Kier molecular flexibility index (Phi) is 4.56. The van der Waals surface area contributed by atoms with Crippen molar-refractivity contribution in [3.63, 3.8) is 0 Å². The van der Waals surface area contributed by atoms with Gasteiger partial charge in [0.15, 0.2) is 0 Å². The van der Waals surface area contributed by atoms with Crippen LogP contribution in [0.1, 0.15) is 5.56 Å². The molecule has 4 aromatic rings. The average Bonchev–Trinajstić information content (AvgIpc) is 3.09. The van der Waals surface area contributed by atoms with Gasteiger partial charge in [0.1, 0.15) is 31.9 Å². The lowest BCUT2D eigenvalue weighted by molar-refractivity contribution is 0.555. The van der Waals surface area contributed by atoms with Gasteiger partial charge in [-0.25, -0.2) is 27.2 Å². The minimum atomic E-state index is -4.31. The summed E-state index contributed by atoms with van der Waals surface area (Å²) in [7, 11) is -4.31. The van der Waals surface area contributed by atoms with Crippen molar-refractivity contribution in [2.45, 2.75) is 11.8 Å². The van der Waals surface area contributed by atoms with Crippen molar-refractivity contribution >= 4 is 37.4 Å². The van der Waals surface area contributed by atoms with E-state index in [4.69, 9.17) is 0 Å². The molecule has 0 radical (unpaired) electrons. The summed E-state index contributed by atoms with van der Waals surface area (Å²) in [5.41, 5.74) is 2.31. The largest absolute Gasteiger partial charge is 0.279 e. The van der Waals surface area contributed by atoms with Crippen LogP contribution in [0.25, 0.3) is 20.9 Å². The third-order valence-corrected chi connectivity index (χ3v) is 6.49. The molecular weight excluding hydrogens is 404 g/mol. The van der Waals surface area contributed by atoms with Gasteiger partial charge < -0.3 is 0 Å². The van der Waals surface area contributed by atoms with Gasteiger partial charge in [-0.1, -0.05) is 23.5 Å². The Morgan fingerprint density at radius 1 is 1.07 bits per heavy atom. The molecule has 0 spiro atoms. The van der Waals surface area contributed by atoms with Crippen LogP contribution in [0.4, 0.5) is 14.5 Å². The third kappa shape index (κ3) is 3.46. The lowest BCUT2D eigenvalue weighted by Gasteiger charge is -2.12. The average molecular weight is 417 g/mol. The summed E-state index contributed by atoms with van der Waals surface area (Å²) >= 11 is 1.37. The molecule has 1 N–H and O–H groups in total. The number of thiazole rings is 1. The molecule has 0 saturated carbocycles. The van der Waals surface area contributed by atoms with Gasteiger partial charge in [0.25, 0.3) is 10.0 Å². The van der Waals surface area contributed by atoms with Gasteiger partial charge >= 0.3 is 0 Å². The monoisotopic (exact) mass is 417 g/mol. The number of hydrogen-bond acceptors (Lipinski definition) is 5. The molecule has 0 bridgehead atoms. The number of pyridine rings is 1. The highest BCUT2D eigenvalue weighted by atomic mass is 32.2. The standard InChI is InChI=1S/C19H13F2N3O2S2/c1-11-4-5-12(18-23-15-3-2-8-22-19(15)27-18)9-16(11)24-28(25,26)17-10-13(20)6-7-14(17)21/h2-10,24H,1H3. The molecule has 142 valence electrons. The molecule has 0 saturated heterocycles. The smallest absolute Gasteiger partial charge is 0.264 e. The Morgan fingerprint density at radius 2 is 1.89 bits per heavy atom. The number of halogens is 2. The van der Waals surface area contributed by atoms with Crippen LogP contribution >= 0.6 is 11.3 Å². The number of hydrogen-bond donors (Lipinski definition) is 1. The van der Waals surface area contributed by atoms with Crippen molar-refractivity contribution in [1.82, 2.24) is 9.97 Å². The number of aromatic nitrogens is 2. The molecule has 9 heteroatoms. The van der Waals surface area contributed by atoms with Crippen LogP contribution in [0.5, 0.6) is 0 Å². The van der Waals surface area contributed by atoms with Gasteiger partial charge in [-0.3, -0.25) is 4.72 Å². The highest BCUT2D eigenvalue weighted by molar-refractivity contribution is 7.92. The predicted molar refractivity (Wildman–Crippen MR) is 105 cm³/mol. The number of fused-ring (bicyclic) bond motifs is 1. The maximum atomic E-state index is 13.9. The molecule has 0 fully saturated rings. The second-order valence-corrected chi connectivity index (χ2v) is 8.68. The van der Waals surface area contributed by atoms with Crippen LogP contribution in [0.15, 0.2) is 59.6 Å². The van der Waals surface area contributed by atoms with Crippen molar-refractivity contribution < 1.29 is 17.2 Å². The SMILES string of the molecule is Cc1ccc(-c2nc3cccnc3s2)cc1NS(=O)(=O)c1cc(F)ccc1F. The number of benzene rings is 2. The first kappa shape index (κ1) is 18.5. The first-order chi connectivity index (χ1) is 13.3. The normalized spacial score (nSPS) is 11.7. The lowest BCUT2D eigenvalue weighted by atomic mass is 10.1. The summed E-state index contributed by atoms with van der Waals surface area (Å²) in [6, 6.07) is 11.1. The van der Waals surface area contributed by atoms with Crippen molar-refractivity contribution in [2.24, 2.45) is 0 Å². The van der Waals surface area contributed by atoms with Crippen molar-refractivity contribution in [3.8, 4) is 10.6 Å². The summed E-state index contributed by atoms with van der Waals surface area (Å²) < 4.78 is 54.8. The van der Waals surface area contributed by atoms with Gasteiger partial charge in [0.05, 0.1) is 5.69 Å². The Hall–Kier alpha value is -2.91. The zero-order valence-electron chi connectivity index (χ0n) is 14.5. The molecule has 2 aromatic carbocycles. The molecule has 0 unspecified atom stereocenters. The number of sulfonamides is 1. The van der Waals surface area contributed by atoms with Crippen molar-refractivity contribution in [3.05, 3.63) is 71.9 Å². The number of rotatable bonds is 4. The number of anilines is 1. The zero-order chi connectivity index (χ0) is 19.9. The molecule has 28 heavy (non-hydrogen) atoms. The maximum Gasteiger partial charge on any atom is 0.264 e. The molecule has 0 atom stereocenters. The van der Waals surface area contributed by atoms with Crippen LogP contribution in [0.2, 0.25) is 0 Å². The van der Waals surface area contributed by atoms with E-state index in [1.54, 1.807) is 31.3 Å². The molecule has 0 aliphatic rings. The highest BCUT2D eigenvalue weighted by Gasteiger charge is 2.21. The van der Waals surface area contributed by atoms with E-state index in [0.29, 0.717) is 22.2 Å². The summed E-state index contributed by atoms with van der Waals surface area (Å²) in [6.07, 6.45) is 1.67. The maximum absolute atomic E-state index is 13.9. The van der Waals surface area contributed by atoms with Crippen LogP contribution in [0, 0.1) is 18.6 Å². The molecule has 5 nitrogen and oxygen atoms in total. The topological polar surface area (TPSA) is 72.0 Å². The van der Waals surface area contributed by atoms with E-state index < -0.39 is 26.6 Å². The van der Waals surface area contributed by atoms with Crippen molar-refractivity contribution in [1.29, 1.82) is 0 Å². The molecule has 2 aromatic heterocycles. The number of nitrogens with zero attached hydrogens (tertiary/aromatic N) is 2. The first-order valence-corrected chi connectivity index (χ1v) is 10.4. The molecule has 0 aliphatic carbocycles. The molecule has 0 amide bonds. The summed E-state index contributed by atoms with van der Waals surface area (Å²) in [5, 5.41) is 0.672. The van der Waals surface area contributed by atoms with E-state index in [-0.39, 0.29) is 5.69 Å². The van der Waals surface area contributed by atoms with Crippen LogP contribution in [0.3, 0.4) is 0 Å². The summed E-state index contributed by atoms with van der Waals surface area (Å²) in [5.74, 6) is -1.87. The Labute approximate surface area is 163 Å². The number of aryl methyl sites for hydroxylation is 1. The molecule has 2 heterocycles. The van der Waals surface area contributed by atoms with E-state index in [1.807, 2.05) is 12.1 Å². The molecule has 0 aliphatic heterocycles. The van der Waals surface area contributed by atoms with Gasteiger partial charge in [-0.15, -0.1) is 0 Å². The predicted octanol–water partition coefficient (Wildman–Crippen LogP) is 4.75. The Bertz CT molecular complexity index is 1270. The van der Waals surface area contributed by atoms with E-state index in [9.17, 15) is 17.2 Å². The van der Waals surface area contributed by atoms with Gasteiger partial charge in [0.2, 0.25) is 0 Å². The van der Waals surface area contributed by atoms with E-state index in [1.165, 1.54) is 11.3 Å². The second kappa shape index (κ2) is 6.92. The van der Waals surface area contributed by atoms with Gasteiger partial charge in [0, 0.05) is 11.8 Å². The fraction of sp³-hybridized carbons (Fsp3) is 0.0526. The lowest BCUT2D eigenvalue weighted by Crippen LogP contribution is -2.15. The Morgan fingerprint density at radius 3 is 2.68 bits per heavy atom. The highest BCUT2D eigenvalue weighted by Crippen LogP contribution is 2.32. The van der Waals surface area contributed by atoms with Crippen LogP contribution in [-0.2, 0) is 10.0 Å². The minimum Gasteiger partial charge on any atom is -0.279 e. The number of nitrogens with one attached hydrogen (secondary N) is 1. The molecular formula is C19H13F2N3O2S2. The first-order valence-electron chi connectivity index (χ1n) is 8.14. The third-order valence-electron chi connectivity index (χ3n) is 4.08. The quantitative estimate of drug-likeness (QED) is 0.520. The van der Waals surface area contributed by atoms with E-state index >= 15 is 0 Å². The summed E-state index contributed by atoms with van der Waals surface area (Å²) in [6.45, 7) is 1.71. The Balaban J connectivity index is 1.74. The van der Waals surface area contributed by atoms with Crippen LogP contribution in [-0.4, -0.2) is 18.4 Å².